The predicted molar refractivity (Wildman–Crippen MR) is 165 cm³/mol. The highest BCUT2D eigenvalue weighted by atomic mass is 16.5. The van der Waals surface area contributed by atoms with Crippen molar-refractivity contribution >= 4 is 6.29 Å². The molecule has 4 rings (SSSR count). The van der Waals surface area contributed by atoms with E-state index in [4.69, 9.17) is 14.7 Å². The van der Waals surface area contributed by atoms with Crippen molar-refractivity contribution < 1.29 is 14.3 Å². The van der Waals surface area contributed by atoms with E-state index in [9.17, 15) is 4.79 Å². The molecule has 2 aliphatic heterocycles. The molecule has 2 aliphatic carbocycles. The molecule has 4 heteroatoms. The van der Waals surface area contributed by atoms with Crippen molar-refractivity contribution in [2.45, 2.75) is 78.1 Å². The molecule has 0 aromatic carbocycles. The zero-order valence-corrected chi connectivity index (χ0v) is 24.6. The van der Waals surface area contributed by atoms with E-state index in [0.29, 0.717) is 11.8 Å². The van der Waals surface area contributed by atoms with Crippen molar-refractivity contribution in [3.8, 4) is 6.07 Å². The van der Waals surface area contributed by atoms with Crippen LogP contribution in [0.3, 0.4) is 0 Å². The first-order valence-corrected chi connectivity index (χ1v) is 15.1. The zero-order chi connectivity index (χ0) is 28.4. The molecule has 4 nitrogen and oxygen atoms in total. The number of allylic oxidation sites excluding steroid dienone is 14. The molecule has 2 unspecified atom stereocenters. The molecular formula is C36H47NO3. The van der Waals surface area contributed by atoms with Crippen molar-refractivity contribution in [3.63, 3.8) is 0 Å². The van der Waals surface area contributed by atoms with Crippen LogP contribution in [0, 0.1) is 23.2 Å². The Bertz CT molecular complexity index is 1110. The fraction of sp³-hybridized carbons (Fsp3) is 0.500. The van der Waals surface area contributed by atoms with Gasteiger partial charge in [-0.25, -0.2) is 0 Å². The Morgan fingerprint density at radius 3 is 1.77 bits per heavy atom. The molecule has 2 heterocycles. The van der Waals surface area contributed by atoms with E-state index in [-0.39, 0.29) is 0 Å². The van der Waals surface area contributed by atoms with Gasteiger partial charge in [0.25, 0.3) is 0 Å². The molecule has 40 heavy (non-hydrogen) atoms. The summed E-state index contributed by atoms with van der Waals surface area (Å²) < 4.78 is 11.2. The monoisotopic (exact) mass is 541 g/mol. The highest BCUT2D eigenvalue weighted by Crippen LogP contribution is 2.33. The number of hydrogen-bond donors (Lipinski definition) is 0. The molecule has 0 aromatic rings. The van der Waals surface area contributed by atoms with Crippen LogP contribution in [0.1, 0.15) is 78.1 Å². The summed E-state index contributed by atoms with van der Waals surface area (Å²) in [5, 5.41) is 8.57. The Balaban J connectivity index is 0.000000220. The summed E-state index contributed by atoms with van der Waals surface area (Å²) >= 11 is 0. The lowest BCUT2D eigenvalue weighted by molar-refractivity contribution is -0.104. The van der Waals surface area contributed by atoms with Crippen molar-refractivity contribution in [2.75, 3.05) is 26.4 Å². The topological polar surface area (TPSA) is 59.3 Å². The van der Waals surface area contributed by atoms with E-state index in [1.165, 1.54) is 62.5 Å². The summed E-state index contributed by atoms with van der Waals surface area (Å²) in [6.07, 6.45) is 33.3. The maximum absolute atomic E-state index is 10.4. The summed E-state index contributed by atoms with van der Waals surface area (Å²) in [6, 6.07) is 2.05. The normalized spacial score (nSPS) is 26.7. The van der Waals surface area contributed by atoms with Crippen LogP contribution in [0.25, 0.3) is 0 Å². The van der Waals surface area contributed by atoms with Crippen LogP contribution in [0.15, 0.2) is 94.2 Å². The lowest BCUT2D eigenvalue weighted by atomic mass is 9.84. The van der Waals surface area contributed by atoms with Crippen molar-refractivity contribution in [1.82, 2.24) is 0 Å². The van der Waals surface area contributed by atoms with Gasteiger partial charge in [0.15, 0.2) is 0 Å². The van der Waals surface area contributed by atoms with Crippen LogP contribution >= 0.6 is 0 Å². The lowest BCUT2D eigenvalue weighted by Crippen LogP contribution is -2.20. The lowest BCUT2D eigenvalue weighted by Gasteiger charge is -2.27. The molecule has 2 fully saturated rings. The predicted octanol–water partition coefficient (Wildman–Crippen LogP) is 8.63. The van der Waals surface area contributed by atoms with Gasteiger partial charge in [-0.05, 0) is 106 Å². The first kappa shape index (κ1) is 31.5. The fourth-order valence-corrected chi connectivity index (χ4v) is 5.69. The van der Waals surface area contributed by atoms with Gasteiger partial charge in [0.1, 0.15) is 6.29 Å². The van der Waals surface area contributed by atoms with Crippen molar-refractivity contribution in [2.24, 2.45) is 11.8 Å². The van der Waals surface area contributed by atoms with Gasteiger partial charge in [0.2, 0.25) is 0 Å². The quantitative estimate of drug-likeness (QED) is 0.140. The highest BCUT2D eigenvalue weighted by Gasteiger charge is 2.21. The summed E-state index contributed by atoms with van der Waals surface area (Å²) in [5.41, 5.74) is 7.91. The van der Waals surface area contributed by atoms with Gasteiger partial charge in [-0.15, -0.1) is 0 Å². The third-order valence-electron chi connectivity index (χ3n) is 7.93. The third-order valence-corrected chi connectivity index (χ3v) is 7.93. The molecule has 2 saturated heterocycles. The van der Waals surface area contributed by atoms with Crippen LogP contribution in [0.5, 0.6) is 0 Å². The number of nitrogens with zero attached hydrogens (tertiary/aromatic N) is 1. The van der Waals surface area contributed by atoms with Gasteiger partial charge in [-0.1, -0.05) is 59.8 Å². The van der Waals surface area contributed by atoms with E-state index < -0.39 is 0 Å². The maximum atomic E-state index is 10.4. The van der Waals surface area contributed by atoms with E-state index in [1.54, 1.807) is 23.3 Å². The van der Waals surface area contributed by atoms with Gasteiger partial charge >= 0.3 is 0 Å². The zero-order valence-electron chi connectivity index (χ0n) is 24.6. The first-order valence-electron chi connectivity index (χ1n) is 15.1. The van der Waals surface area contributed by atoms with Crippen molar-refractivity contribution in [3.05, 3.63) is 94.2 Å². The Morgan fingerprint density at radius 2 is 1.32 bits per heavy atom. The second-order valence-corrected chi connectivity index (χ2v) is 11.2. The van der Waals surface area contributed by atoms with E-state index in [0.717, 1.165) is 56.7 Å². The number of hydrogen-bond acceptors (Lipinski definition) is 4. The molecule has 0 radical (unpaired) electrons. The van der Waals surface area contributed by atoms with Gasteiger partial charge in [0.05, 0.1) is 19.3 Å². The molecule has 214 valence electrons. The van der Waals surface area contributed by atoms with Crippen LogP contribution in [0.2, 0.25) is 0 Å². The Labute approximate surface area is 242 Å². The second kappa shape index (κ2) is 18.4. The summed E-state index contributed by atoms with van der Waals surface area (Å²) in [6.45, 7) is 7.54. The van der Waals surface area contributed by atoms with Crippen LogP contribution in [0.4, 0.5) is 0 Å². The molecule has 4 aliphatic rings. The molecule has 0 amide bonds. The Morgan fingerprint density at radius 1 is 0.800 bits per heavy atom. The summed E-state index contributed by atoms with van der Waals surface area (Å²) in [4.78, 5) is 10.4. The second-order valence-electron chi connectivity index (χ2n) is 11.2. The summed E-state index contributed by atoms with van der Waals surface area (Å²) in [7, 11) is 0. The molecule has 0 bridgehead atoms. The fourth-order valence-electron chi connectivity index (χ4n) is 5.69. The third kappa shape index (κ3) is 11.6. The number of carbonyl (C=O) groups excluding carboxylic acids is 1. The van der Waals surface area contributed by atoms with Gasteiger partial charge < -0.3 is 9.47 Å². The van der Waals surface area contributed by atoms with E-state index in [1.807, 2.05) is 38.1 Å². The number of rotatable bonds is 7. The van der Waals surface area contributed by atoms with Crippen LogP contribution in [-0.2, 0) is 14.3 Å². The standard InChI is InChI=1S/C18H23NO.C18H24O2/c2*1-15(10-11-19)5-2-6-16-7-3-8-17(13-16)18-9-4-12-20-14-18/h2,5-6,10,13,18H,3-4,7-9,12,14H2,1H3;2,5-6,10-11,13,18H,3-4,7-9,12,14H2,1H3/b2*5-2+,15-10+,16-6+. The summed E-state index contributed by atoms with van der Waals surface area (Å²) in [5.74, 6) is 1.27. The van der Waals surface area contributed by atoms with Gasteiger partial charge in [0, 0.05) is 31.1 Å². The number of carbonyl (C=O) groups is 1. The maximum Gasteiger partial charge on any atom is 0.143 e. The van der Waals surface area contributed by atoms with E-state index in [2.05, 4.69) is 30.4 Å². The molecule has 0 aromatic heterocycles. The van der Waals surface area contributed by atoms with Crippen LogP contribution < -0.4 is 0 Å². The largest absolute Gasteiger partial charge is 0.381 e. The number of nitriles is 1. The molecule has 2 atom stereocenters. The molecule has 0 saturated carbocycles. The molecular weight excluding hydrogens is 494 g/mol. The average molecular weight is 542 g/mol. The molecule has 0 spiro atoms. The van der Waals surface area contributed by atoms with Crippen LogP contribution in [-0.4, -0.2) is 32.7 Å². The Hall–Kier alpha value is -3.00. The highest BCUT2D eigenvalue weighted by molar-refractivity contribution is 5.67. The van der Waals surface area contributed by atoms with Gasteiger partial charge in [-0.3, -0.25) is 4.79 Å². The van der Waals surface area contributed by atoms with Gasteiger partial charge in [-0.2, -0.15) is 5.26 Å². The average Bonchev–Trinajstić information content (AvgIpc) is 2.99. The minimum atomic E-state index is 0.633. The smallest absolute Gasteiger partial charge is 0.143 e. The minimum absolute atomic E-state index is 0.633. The minimum Gasteiger partial charge on any atom is -0.381 e. The van der Waals surface area contributed by atoms with Crippen molar-refractivity contribution in [1.29, 1.82) is 5.26 Å². The number of ether oxygens (including phenoxy) is 2. The number of aldehydes is 1. The van der Waals surface area contributed by atoms with E-state index >= 15 is 0 Å². The Kier molecular flexibility index (Phi) is 14.5. The SMILES string of the molecule is CC(/C=C/C=C1/C=C(C2CCCOC2)CCC1)=C\C#N.CC(/C=C/C=C1/C=C(C2CCCOC2)CCC1)=C\C=O. The first-order chi connectivity index (χ1) is 19.6. The molecule has 0 N–H and O–H groups in total.